The molecule has 1 aliphatic heterocycles. The standard InChI is InChI=1S/C21H28O7/c1-9(2)19(24)27-14-8-21(6)15(23)7-13(26-12(5)22)10(3)17(21)18-16(14)11(4)20(25)28-18/h9,13-18,23H,3-4,7-8H2,1-2,5-6H3/t13-,14+,15+,16+,17+,18-,21-/m0/s1. The summed E-state index contributed by atoms with van der Waals surface area (Å²) < 4.78 is 16.7. The van der Waals surface area contributed by atoms with Crippen LogP contribution in [0.15, 0.2) is 24.3 Å². The van der Waals surface area contributed by atoms with Gasteiger partial charge in [-0.15, -0.1) is 0 Å². The van der Waals surface area contributed by atoms with Crippen LogP contribution in [0.4, 0.5) is 0 Å². The van der Waals surface area contributed by atoms with Gasteiger partial charge in [-0.25, -0.2) is 4.79 Å². The van der Waals surface area contributed by atoms with E-state index in [4.69, 9.17) is 14.2 Å². The molecule has 0 aromatic carbocycles. The fourth-order valence-electron chi connectivity index (χ4n) is 4.91. The van der Waals surface area contributed by atoms with E-state index in [9.17, 15) is 19.5 Å². The van der Waals surface area contributed by atoms with Gasteiger partial charge in [-0.05, 0) is 12.0 Å². The molecule has 28 heavy (non-hydrogen) atoms. The van der Waals surface area contributed by atoms with Crippen LogP contribution in [-0.4, -0.2) is 47.4 Å². The summed E-state index contributed by atoms with van der Waals surface area (Å²) in [6.45, 7) is 14.6. The van der Waals surface area contributed by atoms with Crippen LogP contribution < -0.4 is 0 Å². The molecule has 3 fully saturated rings. The highest BCUT2D eigenvalue weighted by Crippen LogP contribution is 2.58. The highest BCUT2D eigenvalue weighted by atomic mass is 16.6. The van der Waals surface area contributed by atoms with Gasteiger partial charge in [0.05, 0.1) is 17.9 Å². The molecule has 2 saturated carbocycles. The molecule has 0 amide bonds. The first-order valence-corrected chi connectivity index (χ1v) is 9.61. The van der Waals surface area contributed by atoms with E-state index in [1.54, 1.807) is 13.8 Å². The Kier molecular flexibility index (Phi) is 5.17. The van der Waals surface area contributed by atoms with Gasteiger partial charge < -0.3 is 19.3 Å². The van der Waals surface area contributed by atoms with Gasteiger partial charge >= 0.3 is 17.9 Å². The average molecular weight is 392 g/mol. The summed E-state index contributed by atoms with van der Waals surface area (Å²) in [6.07, 6.45) is -2.28. The first-order chi connectivity index (χ1) is 13.0. The Morgan fingerprint density at radius 2 is 1.93 bits per heavy atom. The zero-order chi connectivity index (χ0) is 21.0. The van der Waals surface area contributed by atoms with Gasteiger partial charge in [0.15, 0.2) is 0 Å². The van der Waals surface area contributed by atoms with E-state index in [-0.39, 0.29) is 23.9 Å². The third-order valence-corrected chi connectivity index (χ3v) is 6.40. The minimum atomic E-state index is -0.846. The number of carbonyl (C=O) groups is 3. The highest BCUT2D eigenvalue weighted by molar-refractivity contribution is 5.91. The molecule has 7 heteroatoms. The van der Waals surface area contributed by atoms with Gasteiger partial charge in [-0.1, -0.05) is 33.9 Å². The molecular weight excluding hydrogens is 364 g/mol. The zero-order valence-electron chi connectivity index (χ0n) is 16.8. The molecular formula is C21H28O7. The topological polar surface area (TPSA) is 99.1 Å². The summed E-state index contributed by atoms with van der Waals surface area (Å²) in [5, 5.41) is 10.9. The second-order valence-electron chi connectivity index (χ2n) is 8.66. The largest absolute Gasteiger partial charge is 0.461 e. The molecule has 1 heterocycles. The van der Waals surface area contributed by atoms with E-state index >= 15 is 0 Å². The fraction of sp³-hybridized carbons (Fsp3) is 0.667. The number of aliphatic hydroxyl groups excluding tert-OH is 1. The van der Waals surface area contributed by atoms with E-state index in [0.29, 0.717) is 12.0 Å². The van der Waals surface area contributed by atoms with Crippen LogP contribution in [0, 0.1) is 23.2 Å². The maximum Gasteiger partial charge on any atom is 0.334 e. The summed E-state index contributed by atoms with van der Waals surface area (Å²) in [5.74, 6) is -2.67. The average Bonchev–Trinajstić information content (AvgIpc) is 2.87. The zero-order valence-corrected chi connectivity index (χ0v) is 16.8. The maximum absolute atomic E-state index is 12.3. The quantitative estimate of drug-likeness (QED) is 0.339. The Labute approximate surface area is 164 Å². The van der Waals surface area contributed by atoms with Crippen molar-refractivity contribution in [2.45, 2.75) is 65.0 Å². The molecule has 1 saturated heterocycles. The van der Waals surface area contributed by atoms with Crippen LogP contribution in [0.5, 0.6) is 0 Å². The molecule has 0 spiro atoms. The molecule has 0 radical (unpaired) electrons. The minimum Gasteiger partial charge on any atom is -0.461 e. The number of carbonyl (C=O) groups excluding carboxylic acids is 3. The number of esters is 3. The smallest absolute Gasteiger partial charge is 0.334 e. The van der Waals surface area contributed by atoms with Crippen LogP contribution >= 0.6 is 0 Å². The molecule has 3 rings (SSSR count). The lowest BCUT2D eigenvalue weighted by Gasteiger charge is -2.55. The van der Waals surface area contributed by atoms with Crippen LogP contribution in [-0.2, 0) is 28.6 Å². The Balaban J connectivity index is 1.99. The van der Waals surface area contributed by atoms with Crippen molar-refractivity contribution >= 4 is 17.9 Å². The van der Waals surface area contributed by atoms with Crippen molar-refractivity contribution in [3.05, 3.63) is 24.3 Å². The summed E-state index contributed by atoms with van der Waals surface area (Å²) in [7, 11) is 0. The Hall–Kier alpha value is -2.15. The SMILES string of the molecule is C=C1C(=O)O[C@H]2[C@H]1[C@H](OC(=O)C(C)C)C[C@@]1(C)[C@H](O)C[C@H](OC(C)=O)C(=C)[C@H]21. The second-order valence-corrected chi connectivity index (χ2v) is 8.66. The van der Waals surface area contributed by atoms with E-state index in [2.05, 4.69) is 13.2 Å². The van der Waals surface area contributed by atoms with Crippen LogP contribution in [0.2, 0.25) is 0 Å². The lowest BCUT2D eigenvalue weighted by atomic mass is 9.53. The van der Waals surface area contributed by atoms with Crippen molar-refractivity contribution < 1.29 is 33.7 Å². The number of fused-ring (bicyclic) bond motifs is 3. The maximum atomic E-state index is 12.3. The molecule has 7 nitrogen and oxygen atoms in total. The second kappa shape index (κ2) is 7.03. The molecule has 1 N–H and O–H groups in total. The molecule has 0 bridgehead atoms. The Morgan fingerprint density at radius 3 is 2.50 bits per heavy atom. The van der Waals surface area contributed by atoms with Gasteiger partial charge in [-0.3, -0.25) is 9.59 Å². The first kappa shape index (κ1) is 20.6. The van der Waals surface area contributed by atoms with Gasteiger partial charge in [0.2, 0.25) is 0 Å². The summed E-state index contributed by atoms with van der Waals surface area (Å²) in [6, 6.07) is 0. The third kappa shape index (κ3) is 3.15. The van der Waals surface area contributed by atoms with E-state index in [0.717, 1.165) is 0 Å². The van der Waals surface area contributed by atoms with E-state index in [1.807, 2.05) is 6.92 Å². The third-order valence-electron chi connectivity index (χ3n) is 6.40. The molecule has 0 unspecified atom stereocenters. The predicted octanol–water partition coefficient (Wildman–Crippen LogP) is 1.93. The number of rotatable bonds is 3. The van der Waals surface area contributed by atoms with E-state index < -0.39 is 53.6 Å². The molecule has 0 aromatic heterocycles. The Morgan fingerprint density at radius 1 is 1.29 bits per heavy atom. The Bertz CT molecular complexity index is 739. The van der Waals surface area contributed by atoms with Crippen molar-refractivity contribution in [1.29, 1.82) is 0 Å². The van der Waals surface area contributed by atoms with Crippen molar-refractivity contribution in [1.82, 2.24) is 0 Å². The van der Waals surface area contributed by atoms with Gasteiger partial charge in [0.1, 0.15) is 18.3 Å². The normalized spacial score (nSPS) is 39.9. The number of ether oxygens (including phenoxy) is 3. The number of aliphatic hydroxyl groups is 1. The van der Waals surface area contributed by atoms with Gasteiger partial charge in [0.25, 0.3) is 0 Å². The van der Waals surface area contributed by atoms with Crippen LogP contribution in [0.1, 0.15) is 40.5 Å². The van der Waals surface area contributed by atoms with Crippen molar-refractivity contribution in [3.63, 3.8) is 0 Å². The van der Waals surface area contributed by atoms with Crippen LogP contribution in [0.3, 0.4) is 0 Å². The van der Waals surface area contributed by atoms with E-state index in [1.165, 1.54) is 6.92 Å². The lowest BCUT2D eigenvalue weighted by Crippen LogP contribution is -2.60. The van der Waals surface area contributed by atoms with Crippen molar-refractivity contribution in [3.8, 4) is 0 Å². The lowest BCUT2D eigenvalue weighted by molar-refractivity contribution is -0.189. The number of hydrogen-bond donors (Lipinski definition) is 1. The minimum absolute atomic E-state index is 0.197. The molecule has 3 aliphatic rings. The summed E-state index contributed by atoms with van der Waals surface area (Å²) in [4.78, 5) is 36.0. The molecule has 7 atom stereocenters. The predicted molar refractivity (Wildman–Crippen MR) is 98.8 cm³/mol. The van der Waals surface area contributed by atoms with Crippen molar-refractivity contribution in [2.24, 2.45) is 23.2 Å². The van der Waals surface area contributed by atoms with Crippen LogP contribution in [0.25, 0.3) is 0 Å². The highest BCUT2D eigenvalue weighted by Gasteiger charge is 2.64. The fourth-order valence-corrected chi connectivity index (χ4v) is 4.91. The first-order valence-electron chi connectivity index (χ1n) is 9.61. The summed E-state index contributed by atoms with van der Waals surface area (Å²) in [5.41, 5.74) is 0.112. The molecule has 154 valence electrons. The van der Waals surface area contributed by atoms with Gasteiger partial charge in [0, 0.05) is 30.3 Å². The summed E-state index contributed by atoms with van der Waals surface area (Å²) >= 11 is 0. The molecule has 2 aliphatic carbocycles. The van der Waals surface area contributed by atoms with Crippen molar-refractivity contribution in [2.75, 3.05) is 0 Å². The number of hydrogen-bond acceptors (Lipinski definition) is 7. The van der Waals surface area contributed by atoms with Gasteiger partial charge in [-0.2, -0.15) is 0 Å². The monoisotopic (exact) mass is 392 g/mol. The molecule has 0 aromatic rings.